The molecule has 3 nitrogen and oxygen atoms in total. The first kappa shape index (κ1) is 14.9. The highest BCUT2D eigenvalue weighted by Gasteiger charge is 2.32. The molecule has 1 aliphatic carbocycles. The van der Waals surface area contributed by atoms with Crippen molar-refractivity contribution in [3.05, 3.63) is 29.8 Å². The second-order valence-electron chi connectivity index (χ2n) is 6.49. The van der Waals surface area contributed by atoms with Gasteiger partial charge in [0.2, 0.25) is 0 Å². The molecule has 1 unspecified atom stereocenters. The van der Waals surface area contributed by atoms with E-state index in [1.54, 1.807) is 0 Å². The molecule has 1 aromatic carbocycles. The first-order chi connectivity index (χ1) is 10.4. The van der Waals surface area contributed by atoms with Gasteiger partial charge in [0.25, 0.3) is 0 Å². The van der Waals surface area contributed by atoms with Crippen LogP contribution in [-0.2, 0) is 6.54 Å². The molecule has 21 heavy (non-hydrogen) atoms. The van der Waals surface area contributed by atoms with Crippen LogP contribution in [0.4, 0.5) is 0 Å². The van der Waals surface area contributed by atoms with Gasteiger partial charge in [0.1, 0.15) is 12.4 Å². The summed E-state index contributed by atoms with van der Waals surface area (Å²) in [6.07, 6.45) is 8.53. The quantitative estimate of drug-likeness (QED) is 0.873. The number of nitrogens with zero attached hydrogens (tertiary/aromatic N) is 1. The van der Waals surface area contributed by atoms with Crippen LogP contribution in [0.5, 0.6) is 5.75 Å². The van der Waals surface area contributed by atoms with Crippen LogP contribution < -0.4 is 10.5 Å². The summed E-state index contributed by atoms with van der Waals surface area (Å²) in [7, 11) is 0. The molecule has 0 radical (unpaired) electrons. The summed E-state index contributed by atoms with van der Waals surface area (Å²) in [5, 5.41) is 0. The van der Waals surface area contributed by atoms with Gasteiger partial charge in [-0.15, -0.1) is 0 Å². The lowest BCUT2D eigenvalue weighted by atomic mass is 9.96. The fourth-order valence-electron chi connectivity index (χ4n) is 4.05. The van der Waals surface area contributed by atoms with Crippen molar-refractivity contribution >= 4 is 0 Å². The third kappa shape index (κ3) is 3.78. The molecular formula is C18H28N2O. The van der Waals surface area contributed by atoms with E-state index in [1.165, 1.54) is 45.1 Å². The Morgan fingerprint density at radius 3 is 2.81 bits per heavy atom. The van der Waals surface area contributed by atoms with E-state index in [0.29, 0.717) is 6.54 Å². The summed E-state index contributed by atoms with van der Waals surface area (Å²) in [6.45, 7) is 3.69. The van der Waals surface area contributed by atoms with E-state index < -0.39 is 0 Å². The van der Waals surface area contributed by atoms with Gasteiger partial charge >= 0.3 is 0 Å². The molecule has 1 saturated heterocycles. The van der Waals surface area contributed by atoms with Crippen molar-refractivity contribution in [3.63, 3.8) is 0 Å². The second-order valence-corrected chi connectivity index (χ2v) is 6.49. The van der Waals surface area contributed by atoms with Gasteiger partial charge in [-0.2, -0.15) is 0 Å². The summed E-state index contributed by atoms with van der Waals surface area (Å²) in [5.74, 6) is 1.91. The van der Waals surface area contributed by atoms with Gasteiger partial charge in [-0.1, -0.05) is 25.0 Å². The highest BCUT2D eigenvalue weighted by atomic mass is 16.5. The summed E-state index contributed by atoms with van der Waals surface area (Å²) in [4.78, 5) is 2.67. The Labute approximate surface area is 128 Å². The maximum atomic E-state index is 5.92. The fraction of sp³-hybridized carbons (Fsp3) is 0.667. The number of nitrogens with two attached hydrogens (primary N) is 1. The van der Waals surface area contributed by atoms with Gasteiger partial charge in [-0.3, -0.25) is 4.90 Å². The Morgan fingerprint density at radius 1 is 1.14 bits per heavy atom. The predicted octanol–water partition coefficient (Wildman–Crippen LogP) is 3.18. The first-order valence-electron chi connectivity index (χ1n) is 8.52. The van der Waals surface area contributed by atoms with Crippen LogP contribution in [0.15, 0.2) is 24.3 Å². The topological polar surface area (TPSA) is 38.5 Å². The molecule has 0 amide bonds. The lowest BCUT2D eigenvalue weighted by Gasteiger charge is -2.29. The number of benzene rings is 1. The van der Waals surface area contributed by atoms with E-state index in [9.17, 15) is 0 Å². The maximum Gasteiger partial charge on any atom is 0.119 e. The zero-order chi connectivity index (χ0) is 14.5. The molecule has 1 aliphatic heterocycles. The van der Waals surface area contributed by atoms with Gasteiger partial charge in [-0.05, 0) is 55.8 Å². The van der Waals surface area contributed by atoms with Gasteiger partial charge in [0.15, 0.2) is 0 Å². The highest BCUT2D eigenvalue weighted by molar-refractivity contribution is 5.28. The van der Waals surface area contributed by atoms with Crippen molar-refractivity contribution in [1.29, 1.82) is 0 Å². The molecule has 1 atom stereocenters. The van der Waals surface area contributed by atoms with Crippen molar-refractivity contribution in [2.24, 2.45) is 11.7 Å². The van der Waals surface area contributed by atoms with E-state index >= 15 is 0 Å². The Kier molecular flexibility index (Phi) is 5.15. The largest absolute Gasteiger partial charge is 0.492 e. The summed E-state index contributed by atoms with van der Waals surface area (Å²) in [6, 6.07) is 8.97. The van der Waals surface area contributed by atoms with Gasteiger partial charge in [0.05, 0.1) is 0 Å². The minimum Gasteiger partial charge on any atom is -0.492 e. The Bertz CT molecular complexity index is 443. The standard InChI is InChI=1S/C18H28N2O/c19-14-15-5-3-8-17(13-15)21-12-11-20-10-4-9-18(20)16-6-1-2-7-16/h3,5,8,13,16,18H,1-2,4,6-7,9-12,14,19H2. The van der Waals surface area contributed by atoms with Crippen LogP contribution in [0.25, 0.3) is 0 Å². The zero-order valence-corrected chi connectivity index (χ0v) is 13.0. The van der Waals surface area contributed by atoms with Crippen LogP contribution in [0.3, 0.4) is 0 Å². The molecule has 3 rings (SSSR count). The molecule has 0 spiro atoms. The van der Waals surface area contributed by atoms with Crippen LogP contribution in [0, 0.1) is 5.92 Å². The van der Waals surface area contributed by atoms with Gasteiger partial charge < -0.3 is 10.5 Å². The zero-order valence-electron chi connectivity index (χ0n) is 13.0. The van der Waals surface area contributed by atoms with Crippen molar-refractivity contribution < 1.29 is 4.74 Å². The molecule has 1 saturated carbocycles. The molecule has 2 aliphatic rings. The van der Waals surface area contributed by atoms with Crippen LogP contribution in [-0.4, -0.2) is 30.6 Å². The van der Waals surface area contributed by atoms with E-state index in [4.69, 9.17) is 10.5 Å². The van der Waals surface area contributed by atoms with Crippen LogP contribution >= 0.6 is 0 Å². The minimum atomic E-state index is 0.576. The molecule has 3 heteroatoms. The van der Waals surface area contributed by atoms with Gasteiger partial charge in [-0.25, -0.2) is 0 Å². The lowest BCUT2D eigenvalue weighted by molar-refractivity contribution is 0.158. The van der Waals surface area contributed by atoms with Crippen molar-refractivity contribution in [2.45, 2.75) is 51.1 Å². The molecule has 1 aromatic rings. The Morgan fingerprint density at radius 2 is 2.00 bits per heavy atom. The number of likely N-dealkylation sites (tertiary alicyclic amines) is 1. The third-order valence-electron chi connectivity index (χ3n) is 5.14. The molecular weight excluding hydrogens is 260 g/mol. The molecule has 0 aromatic heterocycles. The summed E-state index contributed by atoms with van der Waals surface area (Å²) >= 11 is 0. The number of ether oxygens (including phenoxy) is 1. The first-order valence-corrected chi connectivity index (χ1v) is 8.52. The van der Waals surface area contributed by atoms with Crippen LogP contribution in [0.1, 0.15) is 44.1 Å². The molecule has 2 fully saturated rings. The maximum absolute atomic E-state index is 5.92. The lowest BCUT2D eigenvalue weighted by Crippen LogP contribution is -2.37. The van der Waals surface area contributed by atoms with E-state index in [2.05, 4.69) is 11.0 Å². The minimum absolute atomic E-state index is 0.576. The average molecular weight is 288 g/mol. The number of hydrogen-bond donors (Lipinski definition) is 1. The van der Waals surface area contributed by atoms with Gasteiger partial charge in [0, 0.05) is 19.1 Å². The van der Waals surface area contributed by atoms with Crippen molar-refractivity contribution in [1.82, 2.24) is 4.90 Å². The molecule has 2 N–H and O–H groups in total. The average Bonchev–Trinajstić information content (AvgIpc) is 3.18. The predicted molar refractivity (Wildman–Crippen MR) is 86.4 cm³/mol. The van der Waals surface area contributed by atoms with E-state index in [-0.39, 0.29) is 0 Å². The fourth-order valence-corrected chi connectivity index (χ4v) is 4.05. The van der Waals surface area contributed by atoms with Crippen LogP contribution in [0.2, 0.25) is 0 Å². The summed E-state index contributed by atoms with van der Waals surface area (Å²) < 4.78 is 5.92. The van der Waals surface area contributed by atoms with E-state index in [1.807, 2.05) is 18.2 Å². The number of hydrogen-bond acceptors (Lipinski definition) is 3. The Hall–Kier alpha value is -1.06. The Balaban J connectivity index is 1.47. The SMILES string of the molecule is NCc1cccc(OCCN2CCCC2C2CCCC2)c1. The normalized spacial score (nSPS) is 23.8. The van der Waals surface area contributed by atoms with E-state index in [0.717, 1.165) is 36.4 Å². The summed E-state index contributed by atoms with van der Waals surface area (Å²) in [5.41, 5.74) is 6.81. The molecule has 0 bridgehead atoms. The van der Waals surface area contributed by atoms with Crippen molar-refractivity contribution in [2.75, 3.05) is 19.7 Å². The monoisotopic (exact) mass is 288 g/mol. The highest BCUT2D eigenvalue weighted by Crippen LogP contribution is 2.35. The smallest absolute Gasteiger partial charge is 0.119 e. The van der Waals surface area contributed by atoms with Crippen molar-refractivity contribution in [3.8, 4) is 5.75 Å². The molecule has 116 valence electrons. The third-order valence-corrected chi connectivity index (χ3v) is 5.14. The molecule has 1 heterocycles. The second kappa shape index (κ2) is 7.28. The number of rotatable bonds is 6.